The van der Waals surface area contributed by atoms with Crippen LogP contribution in [0.4, 0.5) is 0 Å². The van der Waals surface area contributed by atoms with E-state index in [1.807, 2.05) is 11.3 Å². The van der Waals surface area contributed by atoms with Crippen molar-refractivity contribution in [2.24, 2.45) is 0 Å². The van der Waals surface area contributed by atoms with Crippen molar-refractivity contribution in [2.75, 3.05) is 13.1 Å². The van der Waals surface area contributed by atoms with Crippen LogP contribution < -0.4 is 5.32 Å². The SMILES string of the molecule is CCc1ccc(CN2CC3(CCCC3)NCC2CC)s1. The smallest absolute Gasteiger partial charge is 0.0332 e. The van der Waals surface area contributed by atoms with Gasteiger partial charge in [0.25, 0.3) is 0 Å². The molecule has 3 heteroatoms. The fourth-order valence-corrected chi connectivity index (χ4v) is 4.89. The van der Waals surface area contributed by atoms with E-state index in [-0.39, 0.29) is 0 Å². The Hall–Kier alpha value is -0.380. The monoisotopic (exact) mass is 292 g/mol. The lowest BCUT2D eigenvalue weighted by Gasteiger charge is -2.46. The van der Waals surface area contributed by atoms with Gasteiger partial charge in [0.1, 0.15) is 0 Å². The first-order valence-electron chi connectivity index (χ1n) is 8.31. The average Bonchev–Trinajstić information content (AvgIpc) is 3.09. The summed E-state index contributed by atoms with van der Waals surface area (Å²) in [5, 5.41) is 3.89. The van der Waals surface area contributed by atoms with Crippen LogP contribution in [0.15, 0.2) is 12.1 Å². The quantitative estimate of drug-likeness (QED) is 0.908. The fourth-order valence-electron chi connectivity index (χ4n) is 3.91. The molecular formula is C17H28N2S. The second-order valence-electron chi connectivity index (χ2n) is 6.56. The van der Waals surface area contributed by atoms with Crippen molar-refractivity contribution in [1.29, 1.82) is 0 Å². The summed E-state index contributed by atoms with van der Waals surface area (Å²) in [6.45, 7) is 8.18. The standard InChI is InChI=1S/C17H28N2S/c1-3-14-11-18-17(9-5-6-10-17)13-19(14)12-16-8-7-15(4-2)20-16/h7-8,14,18H,3-6,9-13H2,1-2H3. The molecule has 1 saturated carbocycles. The first-order valence-corrected chi connectivity index (χ1v) is 9.13. The summed E-state index contributed by atoms with van der Waals surface area (Å²) < 4.78 is 0. The zero-order chi connectivity index (χ0) is 14.0. The Bertz CT molecular complexity index is 434. The number of piperazine rings is 1. The van der Waals surface area contributed by atoms with Gasteiger partial charge in [-0.1, -0.05) is 26.7 Å². The van der Waals surface area contributed by atoms with Crippen molar-refractivity contribution in [3.8, 4) is 0 Å². The molecule has 1 aliphatic carbocycles. The van der Waals surface area contributed by atoms with E-state index in [1.54, 1.807) is 4.88 Å². The molecule has 2 fully saturated rings. The molecule has 1 spiro atoms. The van der Waals surface area contributed by atoms with Crippen LogP contribution >= 0.6 is 11.3 Å². The molecule has 2 heterocycles. The Labute approximate surface area is 127 Å². The summed E-state index contributed by atoms with van der Waals surface area (Å²) in [5.74, 6) is 0. The molecule has 0 radical (unpaired) electrons. The predicted molar refractivity (Wildman–Crippen MR) is 87.4 cm³/mol. The Kier molecular flexibility index (Phi) is 4.49. The number of nitrogens with zero attached hydrogens (tertiary/aromatic N) is 1. The summed E-state index contributed by atoms with van der Waals surface area (Å²) in [6, 6.07) is 5.38. The van der Waals surface area contributed by atoms with E-state index in [4.69, 9.17) is 0 Å². The Morgan fingerprint density at radius 1 is 1.25 bits per heavy atom. The van der Waals surface area contributed by atoms with Gasteiger partial charge in [-0.3, -0.25) is 4.90 Å². The minimum atomic E-state index is 0.441. The lowest BCUT2D eigenvalue weighted by atomic mass is 9.91. The Morgan fingerprint density at radius 2 is 2.00 bits per heavy atom. The molecule has 3 rings (SSSR count). The van der Waals surface area contributed by atoms with Crippen molar-refractivity contribution in [2.45, 2.75) is 70.5 Å². The summed E-state index contributed by atoms with van der Waals surface area (Å²) in [4.78, 5) is 5.83. The molecule has 20 heavy (non-hydrogen) atoms. The lowest BCUT2D eigenvalue weighted by Crippen LogP contribution is -2.62. The predicted octanol–water partition coefficient (Wildman–Crippen LogP) is 3.81. The van der Waals surface area contributed by atoms with Gasteiger partial charge >= 0.3 is 0 Å². The van der Waals surface area contributed by atoms with Gasteiger partial charge in [-0.2, -0.15) is 0 Å². The third-order valence-corrected chi connectivity index (χ3v) is 6.41. The molecule has 1 saturated heterocycles. The van der Waals surface area contributed by atoms with Crippen LogP contribution in [-0.4, -0.2) is 29.6 Å². The van der Waals surface area contributed by atoms with E-state index in [0.29, 0.717) is 11.6 Å². The van der Waals surface area contributed by atoms with E-state index in [0.717, 1.165) is 6.54 Å². The van der Waals surface area contributed by atoms with Crippen LogP contribution in [0.2, 0.25) is 0 Å². The average molecular weight is 292 g/mol. The highest BCUT2D eigenvalue weighted by Crippen LogP contribution is 2.34. The maximum Gasteiger partial charge on any atom is 0.0332 e. The van der Waals surface area contributed by atoms with Crippen LogP contribution in [0, 0.1) is 0 Å². The molecule has 1 aromatic rings. The summed E-state index contributed by atoms with van der Waals surface area (Å²) in [5.41, 5.74) is 0.441. The number of thiophene rings is 1. The van der Waals surface area contributed by atoms with E-state index in [2.05, 4.69) is 36.2 Å². The van der Waals surface area contributed by atoms with Crippen molar-refractivity contribution in [3.63, 3.8) is 0 Å². The Balaban J connectivity index is 1.70. The molecule has 0 bridgehead atoms. The van der Waals surface area contributed by atoms with Crippen LogP contribution in [0.3, 0.4) is 0 Å². The molecule has 1 N–H and O–H groups in total. The Morgan fingerprint density at radius 3 is 2.65 bits per heavy atom. The topological polar surface area (TPSA) is 15.3 Å². The second-order valence-corrected chi connectivity index (χ2v) is 7.81. The van der Waals surface area contributed by atoms with E-state index < -0.39 is 0 Å². The van der Waals surface area contributed by atoms with Gasteiger partial charge < -0.3 is 5.32 Å². The highest BCUT2D eigenvalue weighted by atomic mass is 32.1. The first-order chi connectivity index (χ1) is 9.74. The number of rotatable bonds is 4. The van der Waals surface area contributed by atoms with Crippen molar-refractivity contribution in [3.05, 3.63) is 21.9 Å². The number of hydrogen-bond donors (Lipinski definition) is 1. The highest BCUT2D eigenvalue weighted by Gasteiger charge is 2.40. The van der Waals surface area contributed by atoms with E-state index >= 15 is 0 Å². The molecular weight excluding hydrogens is 264 g/mol. The van der Waals surface area contributed by atoms with Crippen molar-refractivity contribution < 1.29 is 0 Å². The van der Waals surface area contributed by atoms with Gasteiger partial charge in [-0.05, 0) is 37.8 Å². The molecule has 1 aliphatic heterocycles. The van der Waals surface area contributed by atoms with Crippen LogP contribution in [-0.2, 0) is 13.0 Å². The summed E-state index contributed by atoms with van der Waals surface area (Å²) in [7, 11) is 0. The lowest BCUT2D eigenvalue weighted by molar-refractivity contribution is 0.0727. The van der Waals surface area contributed by atoms with Crippen LogP contribution in [0.25, 0.3) is 0 Å². The molecule has 112 valence electrons. The van der Waals surface area contributed by atoms with E-state index in [9.17, 15) is 0 Å². The minimum Gasteiger partial charge on any atom is -0.308 e. The third-order valence-electron chi connectivity index (χ3n) is 5.19. The van der Waals surface area contributed by atoms with Crippen molar-refractivity contribution >= 4 is 11.3 Å². The normalized spacial score (nSPS) is 26.4. The van der Waals surface area contributed by atoms with Crippen LogP contribution in [0.5, 0.6) is 0 Å². The van der Waals surface area contributed by atoms with E-state index in [1.165, 1.54) is 56.5 Å². The molecule has 1 atom stereocenters. The second kappa shape index (κ2) is 6.17. The fraction of sp³-hybridized carbons (Fsp3) is 0.765. The zero-order valence-electron chi connectivity index (χ0n) is 13.0. The highest BCUT2D eigenvalue weighted by molar-refractivity contribution is 7.11. The molecule has 2 nitrogen and oxygen atoms in total. The zero-order valence-corrected chi connectivity index (χ0v) is 13.8. The van der Waals surface area contributed by atoms with Crippen molar-refractivity contribution in [1.82, 2.24) is 10.2 Å². The first kappa shape index (κ1) is 14.6. The summed E-state index contributed by atoms with van der Waals surface area (Å²) >= 11 is 2.01. The van der Waals surface area contributed by atoms with Gasteiger partial charge in [0.2, 0.25) is 0 Å². The molecule has 1 unspecified atom stereocenters. The maximum atomic E-state index is 3.89. The van der Waals surface area contributed by atoms with Gasteiger partial charge in [0, 0.05) is 41.0 Å². The number of aryl methyl sites for hydroxylation is 1. The van der Waals surface area contributed by atoms with Gasteiger partial charge in [-0.15, -0.1) is 11.3 Å². The largest absolute Gasteiger partial charge is 0.308 e. The van der Waals surface area contributed by atoms with Gasteiger partial charge in [-0.25, -0.2) is 0 Å². The molecule has 0 amide bonds. The van der Waals surface area contributed by atoms with Crippen LogP contribution in [0.1, 0.15) is 55.7 Å². The minimum absolute atomic E-state index is 0.441. The molecule has 1 aromatic heterocycles. The maximum absolute atomic E-state index is 3.89. The number of nitrogens with one attached hydrogen (secondary N) is 1. The number of hydrogen-bond acceptors (Lipinski definition) is 3. The van der Waals surface area contributed by atoms with Gasteiger partial charge in [0.05, 0.1) is 0 Å². The molecule has 2 aliphatic rings. The third kappa shape index (κ3) is 2.95. The summed E-state index contributed by atoms with van der Waals surface area (Å²) in [6.07, 6.45) is 8.02. The van der Waals surface area contributed by atoms with Gasteiger partial charge in [0.15, 0.2) is 0 Å². The molecule has 0 aromatic carbocycles.